The number of nitrogens with one attached hydrogen (secondary N) is 1. The number of hydrazone groups is 1. The Hall–Kier alpha value is -2.24. The first-order valence-corrected chi connectivity index (χ1v) is 5.04. The predicted molar refractivity (Wildman–Crippen MR) is 62.6 cm³/mol. The average molecular weight is 235 g/mol. The highest BCUT2D eigenvalue weighted by atomic mass is 16.5. The van der Waals surface area contributed by atoms with Crippen LogP contribution in [0.25, 0.3) is 0 Å². The minimum Gasteiger partial charge on any atom is -0.464 e. The summed E-state index contributed by atoms with van der Waals surface area (Å²) >= 11 is 0. The minimum absolute atomic E-state index is 0.186. The fourth-order valence-corrected chi connectivity index (χ4v) is 1.03. The maximum absolute atomic E-state index is 11.4. The zero-order chi connectivity index (χ0) is 12.7. The van der Waals surface area contributed by atoms with Gasteiger partial charge in [-0.15, -0.1) is 0 Å². The van der Waals surface area contributed by atoms with Crippen LogP contribution in [0.1, 0.15) is 13.3 Å². The molecule has 0 unspecified atom stereocenters. The van der Waals surface area contributed by atoms with Gasteiger partial charge in [0.05, 0.1) is 12.8 Å². The number of Topliss-reactive ketones (excluding diaryl/α,β-unsaturated/α-hetero) is 1. The fourth-order valence-electron chi connectivity index (χ4n) is 1.03. The standard InChI is InChI=1S/C11H13N3O3/c1-3-9(15)10(11(16)17-2)14-13-8-4-6-12-7-5-8/h4-7H,3H2,1-2H3,(H,12,13)/b14-10+. The van der Waals surface area contributed by atoms with Gasteiger partial charge >= 0.3 is 5.97 Å². The van der Waals surface area contributed by atoms with E-state index in [1.165, 1.54) is 7.11 Å². The van der Waals surface area contributed by atoms with E-state index in [4.69, 9.17) is 0 Å². The summed E-state index contributed by atoms with van der Waals surface area (Å²) in [5.41, 5.74) is 2.99. The molecule has 0 amide bonds. The Morgan fingerprint density at radius 2 is 2.06 bits per heavy atom. The van der Waals surface area contributed by atoms with E-state index < -0.39 is 5.97 Å². The van der Waals surface area contributed by atoms with E-state index in [2.05, 4.69) is 20.2 Å². The minimum atomic E-state index is -0.751. The number of esters is 1. The van der Waals surface area contributed by atoms with Gasteiger partial charge in [0.1, 0.15) is 0 Å². The molecule has 1 aromatic heterocycles. The SMILES string of the molecule is CCC(=O)/C(=N\Nc1ccncc1)C(=O)OC. The number of pyridine rings is 1. The average Bonchev–Trinajstić information content (AvgIpc) is 2.39. The lowest BCUT2D eigenvalue weighted by Crippen LogP contribution is -2.26. The number of hydrogen-bond acceptors (Lipinski definition) is 6. The molecule has 0 radical (unpaired) electrons. The molecule has 0 fully saturated rings. The summed E-state index contributed by atoms with van der Waals surface area (Å²) in [6.07, 6.45) is 3.32. The number of ether oxygens (including phenoxy) is 1. The van der Waals surface area contributed by atoms with Crippen molar-refractivity contribution in [3.8, 4) is 0 Å². The Bertz CT molecular complexity index is 411. The van der Waals surface area contributed by atoms with Crippen molar-refractivity contribution in [3.05, 3.63) is 24.5 Å². The number of nitrogens with zero attached hydrogens (tertiary/aromatic N) is 2. The fraction of sp³-hybridized carbons (Fsp3) is 0.273. The molecule has 0 bridgehead atoms. The lowest BCUT2D eigenvalue weighted by molar-refractivity contribution is -0.133. The Balaban J connectivity index is 2.84. The van der Waals surface area contributed by atoms with E-state index >= 15 is 0 Å². The maximum atomic E-state index is 11.4. The number of anilines is 1. The van der Waals surface area contributed by atoms with Crippen molar-refractivity contribution in [2.24, 2.45) is 5.10 Å². The van der Waals surface area contributed by atoms with Crippen molar-refractivity contribution in [3.63, 3.8) is 0 Å². The van der Waals surface area contributed by atoms with Crippen molar-refractivity contribution in [2.75, 3.05) is 12.5 Å². The largest absolute Gasteiger partial charge is 0.464 e. The molecule has 0 aliphatic heterocycles. The van der Waals surface area contributed by atoms with E-state index in [-0.39, 0.29) is 17.9 Å². The normalized spacial score (nSPS) is 10.8. The van der Waals surface area contributed by atoms with Gasteiger partial charge in [0.15, 0.2) is 5.78 Å². The summed E-state index contributed by atoms with van der Waals surface area (Å²) in [5.74, 6) is -1.13. The van der Waals surface area contributed by atoms with Crippen LogP contribution in [0.5, 0.6) is 0 Å². The van der Waals surface area contributed by atoms with Crippen LogP contribution in [-0.4, -0.2) is 29.6 Å². The Kier molecular flexibility index (Phi) is 4.80. The number of aromatic nitrogens is 1. The zero-order valence-corrected chi connectivity index (χ0v) is 9.64. The van der Waals surface area contributed by atoms with Gasteiger partial charge in [0, 0.05) is 18.8 Å². The molecule has 0 aromatic carbocycles. The Labute approximate surface area is 98.7 Å². The monoisotopic (exact) mass is 235 g/mol. The van der Waals surface area contributed by atoms with E-state index in [9.17, 15) is 9.59 Å². The lowest BCUT2D eigenvalue weighted by atomic mass is 10.2. The van der Waals surface area contributed by atoms with Crippen LogP contribution in [-0.2, 0) is 14.3 Å². The van der Waals surface area contributed by atoms with Crippen molar-refractivity contribution in [2.45, 2.75) is 13.3 Å². The highest BCUT2D eigenvalue weighted by molar-refractivity contribution is 6.64. The molecule has 0 aliphatic carbocycles. The van der Waals surface area contributed by atoms with Gasteiger partial charge in [-0.25, -0.2) is 4.79 Å². The van der Waals surface area contributed by atoms with Gasteiger partial charge in [-0.3, -0.25) is 15.2 Å². The summed E-state index contributed by atoms with van der Waals surface area (Å²) in [7, 11) is 1.20. The van der Waals surface area contributed by atoms with Gasteiger partial charge in [0.2, 0.25) is 5.71 Å². The van der Waals surface area contributed by atoms with Crippen molar-refractivity contribution in [1.82, 2.24) is 4.98 Å². The number of carbonyl (C=O) groups excluding carboxylic acids is 2. The first-order chi connectivity index (χ1) is 8.19. The highest BCUT2D eigenvalue weighted by Gasteiger charge is 2.19. The third-order valence-electron chi connectivity index (χ3n) is 1.94. The van der Waals surface area contributed by atoms with Gasteiger partial charge in [-0.2, -0.15) is 5.10 Å². The molecule has 6 nitrogen and oxygen atoms in total. The van der Waals surface area contributed by atoms with Crippen LogP contribution < -0.4 is 5.43 Å². The zero-order valence-electron chi connectivity index (χ0n) is 9.64. The van der Waals surface area contributed by atoms with Crippen LogP contribution >= 0.6 is 0 Å². The van der Waals surface area contributed by atoms with Gasteiger partial charge in [-0.1, -0.05) is 6.92 Å². The molecule has 6 heteroatoms. The number of rotatable bonds is 5. The lowest BCUT2D eigenvalue weighted by Gasteiger charge is -2.03. The third-order valence-corrected chi connectivity index (χ3v) is 1.94. The number of methoxy groups -OCH3 is 1. The van der Waals surface area contributed by atoms with Crippen molar-refractivity contribution < 1.29 is 14.3 Å². The summed E-state index contributed by atoms with van der Waals surface area (Å²) in [4.78, 5) is 26.6. The van der Waals surface area contributed by atoms with E-state index in [1.807, 2.05) is 0 Å². The van der Waals surface area contributed by atoms with E-state index in [0.29, 0.717) is 5.69 Å². The van der Waals surface area contributed by atoms with Crippen molar-refractivity contribution >= 4 is 23.2 Å². The topological polar surface area (TPSA) is 80.7 Å². The Morgan fingerprint density at radius 3 is 2.59 bits per heavy atom. The second-order valence-corrected chi connectivity index (χ2v) is 3.08. The molecule has 0 saturated heterocycles. The molecule has 0 spiro atoms. The second kappa shape index (κ2) is 6.37. The highest BCUT2D eigenvalue weighted by Crippen LogP contribution is 2.03. The molecule has 90 valence electrons. The number of hydrogen-bond donors (Lipinski definition) is 1. The first kappa shape index (κ1) is 12.8. The van der Waals surface area contributed by atoms with Crippen LogP contribution in [0.15, 0.2) is 29.6 Å². The van der Waals surface area contributed by atoms with Gasteiger partial charge < -0.3 is 4.74 Å². The van der Waals surface area contributed by atoms with Crippen LogP contribution in [0.2, 0.25) is 0 Å². The summed E-state index contributed by atoms with van der Waals surface area (Å²) in [6, 6.07) is 3.32. The molecule has 0 atom stereocenters. The first-order valence-electron chi connectivity index (χ1n) is 5.04. The van der Waals surface area contributed by atoms with E-state index in [1.54, 1.807) is 31.5 Å². The summed E-state index contributed by atoms with van der Waals surface area (Å²) in [5, 5.41) is 3.75. The molecule has 0 aliphatic rings. The molecular formula is C11H13N3O3. The smallest absolute Gasteiger partial charge is 0.362 e. The van der Waals surface area contributed by atoms with E-state index in [0.717, 1.165) is 0 Å². The van der Waals surface area contributed by atoms with Crippen molar-refractivity contribution in [1.29, 1.82) is 0 Å². The molecule has 1 rings (SSSR count). The maximum Gasteiger partial charge on any atom is 0.362 e. The molecular weight excluding hydrogens is 222 g/mol. The number of ketones is 1. The van der Waals surface area contributed by atoms with Crippen LogP contribution in [0.3, 0.4) is 0 Å². The van der Waals surface area contributed by atoms with Gasteiger partial charge in [-0.05, 0) is 12.1 Å². The van der Waals surface area contributed by atoms with Crippen LogP contribution in [0, 0.1) is 0 Å². The van der Waals surface area contributed by atoms with Crippen LogP contribution in [0.4, 0.5) is 5.69 Å². The van der Waals surface area contributed by atoms with Gasteiger partial charge in [0.25, 0.3) is 0 Å². The summed E-state index contributed by atoms with van der Waals surface area (Å²) in [6.45, 7) is 1.65. The predicted octanol–water partition coefficient (Wildman–Crippen LogP) is 1.00. The Morgan fingerprint density at radius 1 is 1.41 bits per heavy atom. The third kappa shape index (κ3) is 3.67. The second-order valence-electron chi connectivity index (χ2n) is 3.08. The molecule has 0 saturated carbocycles. The summed E-state index contributed by atoms with van der Waals surface area (Å²) < 4.78 is 4.48. The molecule has 1 aromatic rings. The molecule has 17 heavy (non-hydrogen) atoms. The quantitative estimate of drug-likeness (QED) is 0.356. The molecule has 1 N–H and O–H groups in total. The number of carbonyl (C=O) groups is 2. The molecule has 1 heterocycles.